The summed E-state index contributed by atoms with van der Waals surface area (Å²) in [4.78, 5) is 3.82. The molecular formula is C11H15F3N2. The Balaban J connectivity index is 2.71. The average Bonchev–Trinajstić information content (AvgIpc) is 2.25. The second-order valence-electron chi connectivity index (χ2n) is 3.65. The first-order valence-corrected chi connectivity index (χ1v) is 5.21. The highest BCUT2D eigenvalue weighted by molar-refractivity contribution is 5.18. The number of rotatable bonds is 4. The minimum Gasteiger partial charge on any atom is -0.309 e. The van der Waals surface area contributed by atoms with Gasteiger partial charge in [0.2, 0.25) is 0 Å². The zero-order valence-corrected chi connectivity index (χ0v) is 9.30. The fourth-order valence-corrected chi connectivity index (χ4v) is 1.29. The van der Waals surface area contributed by atoms with Crippen LogP contribution in [0.3, 0.4) is 0 Å². The molecule has 0 saturated carbocycles. The van der Waals surface area contributed by atoms with Crippen LogP contribution in [0.25, 0.3) is 0 Å². The van der Waals surface area contributed by atoms with Crippen molar-refractivity contribution in [1.82, 2.24) is 10.3 Å². The van der Waals surface area contributed by atoms with Crippen molar-refractivity contribution >= 4 is 0 Å². The Morgan fingerprint density at radius 3 is 2.50 bits per heavy atom. The molecule has 0 aromatic carbocycles. The summed E-state index contributed by atoms with van der Waals surface area (Å²) >= 11 is 0. The van der Waals surface area contributed by atoms with Crippen LogP contribution >= 0.6 is 0 Å². The molecule has 0 radical (unpaired) electrons. The van der Waals surface area contributed by atoms with E-state index in [4.69, 9.17) is 0 Å². The van der Waals surface area contributed by atoms with E-state index in [1.54, 1.807) is 0 Å². The van der Waals surface area contributed by atoms with Gasteiger partial charge in [0.05, 0.1) is 11.3 Å². The van der Waals surface area contributed by atoms with Crippen LogP contribution < -0.4 is 5.32 Å². The highest BCUT2D eigenvalue weighted by atomic mass is 19.4. The molecule has 1 unspecified atom stereocenters. The van der Waals surface area contributed by atoms with Crippen LogP contribution in [-0.4, -0.2) is 11.5 Å². The lowest BCUT2D eigenvalue weighted by Crippen LogP contribution is -2.20. The molecule has 0 aliphatic heterocycles. The van der Waals surface area contributed by atoms with Crippen molar-refractivity contribution in [1.29, 1.82) is 0 Å². The number of alkyl halides is 3. The normalized spacial score (nSPS) is 13.8. The average molecular weight is 232 g/mol. The summed E-state index contributed by atoms with van der Waals surface area (Å²) in [6.45, 7) is 4.73. The van der Waals surface area contributed by atoms with Gasteiger partial charge in [-0.1, -0.05) is 6.92 Å². The van der Waals surface area contributed by atoms with Crippen molar-refractivity contribution in [2.45, 2.75) is 32.5 Å². The minimum absolute atomic E-state index is 0.0257. The number of nitrogens with one attached hydrogen (secondary N) is 1. The van der Waals surface area contributed by atoms with Crippen molar-refractivity contribution in [2.75, 3.05) is 6.54 Å². The number of nitrogens with zero attached hydrogens (tertiary/aromatic N) is 1. The molecule has 1 aromatic heterocycles. The van der Waals surface area contributed by atoms with E-state index in [2.05, 4.69) is 10.3 Å². The van der Waals surface area contributed by atoms with E-state index in [0.717, 1.165) is 25.2 Å². The van der Waals surface area contributed by atoms with Crippen LogP contribution in [0.15, 0.2) is 18.3 Å². The van der Waals surface area contributed by atoms with Gasteiger partial charge in [-0.3, -0.25) is 4.98 Å². The largest absolute Gasteiger partial charge is 0.417 e. The van der Waals surface area contributed by atoms with Crippen LogP contribution in [0.1, 0.15) is 37.6 Å². The van der Waals surface area contributed by atoms with Crippen LogP contribution in [0, 0.1) is 0 Å². The monoisotopic (exact) mass is 232 g/mol. The zero-order valence-electron chi connectivity index (χ0n) is 9.30. The SMILES string of the molecule is CCCNC(C)c1ccc(C(F)(F)F)cn1. The van der Waals surface area contributed by atoms with E-state index >= 15 is 0 Å². The van der Waals surface area contributed by atoms with Crippen LogP contribution in [0.4, 0.5) is 13.2 Å². The predicted octanol–water partition coefficient (Wildman–Crippen LogP) is 3.16. The van der Waals surface area contributed by atoms with Gasteiger partial charge in [0.15, 0.2) is 0 Å². The summed E-state index contributed by atoms with van der Waals surface area (Å²) in [6, 6.07) is 2.45. The van der Waals surface area contributed by atoms with E-state index in [1.807, 2.05) is 13.8 Å². The maximum atomic E-state index is 12.3. The Kier molecular flexibility index (Phi) is 4.29. The van der Waals surface area contributed by atoms with Gasteiger partial charge in [-0.2, -0.15) is 13.2 Å². The predicted molar refractivity (Wildman–Crippen MR) is 55.9 cm³/mol. The summed E-state index contributed by atoms with van der Waals surface area (Å²) in [5, 5.41) is 3.16. The molecule has 1 aromatic rings. The van der Waals surface area contributed by atoms with Gasteiger partial charge in [0, 0.05) is 12.2 Å². The summed E-state index contributed by atoms with van der Waals surface area (Å²) in [5.41, 5.74) is -0.0830. The van der Waals surface area contributed by atoms with E-state index < -0.39 is 11.7 Å². The fraction of sp³-hybridized carbons (Fsp3) is 0.545. The first kappa shape index (κ1) is 13.0. The number of aromatic nitrogens is 1. The minimum atomic E-state index is -4.31. The first-order chi connectivity index (χ1) is 7.45. The number of pyridine rings is 1. The molecule has 0 spiro atoms. The Morgan fingerprint density at radius 1 is 1.38 bits per heavy atom. The van der Waals surface area contributed by atoms with Crippen LogP contribution in [-0.2, 0) is 6.18 Å². The molecule has 0 fully saturated rings. The van der Waals surface area contributed by atoms with Gasteiger partial charge in [0.1, 0.15) is 0 Å². The van der Waals surface area contributed by atoms with Gasteiger partial charge in [-0.25, -0.2) is 0 Å². The van der Waals surface area contributed by atoms with Gasteiger partial charge in [0.25, 0.3) is 0 Å². The van der Waals surface area contributed by atoms with Crippen molar-refractivity contribution < 1.29 is 13.2 Å². The summed E-state index contributed by atoms with van der Waals surface area (Å²) < 4.78 is 36.8. The Bertz CT molecular complexity index is 319. The first-order valence-electron chi connectivity index (χ1n) is 5.21. The molecule has 0 amide bonds. The standard InChI is InChI=1S/C11H15F3N2/c1-3-6-15-8(2)10-5-4-9(7-16-10)11(12,13)14/h4-5,7-8,15H,3,6H2,1-2H3. The van der Waals surface area contributed by atoms with Gasteiger partial charge < -0.3 is 5.32 Å². The molecule has 1 rings (SSSR count). The molecule has 0 aliphatic rings. The summed E-state index contributed by atoms with van der Waals surface area (Å²) in [5.74, 6) is 0. The molecule has 16 heavy (non-hydrogen) atoms. The smallest absolute Gasteiger partial charge is 0.309 e. The van der Waals surface area contributed by atoms with Crippen molar-refractivity contribution in [3.8, 4) is 0 Å². The third kappa shape index (κ3) is 3.48. The van der Waals surface area contributed by atoms with E-state index in [9.17, 15) is 13.2 Å². The third-order valence-electron chi connectivity index (χ3n) is 2.26. The van der Waals surface area contributed by atoms with E-state index in [1.165, 1.54) is 6.07 Å². The van der Waals surface area contributed by atoms with E-state index in [0.29, 0.717) is 5.69 Å². The van der Waals surface area contributed by atoms with Gasteiger partial charge >= 0.3 is 6.18 Å². The molecule has 0 bridgehead atoms. The van der Waals surface area contributed by atoms with E-state index in [-0.39, 0.29) is 6.04 Å². The van der Waals surface area contributed by atoms with Gasteiger partial charge in [-0.05, 0) is 32.0 Å². The topological polar surface area (TPSA) is 24.9 Å². The Labute approximate surface area is 92.9 Å². The second-order valence-corrected chi connectivity index (χ2v) is 3.65. The fourth-order valence-electron chi connectivity index (χ4n) is 1.29. The van der Waals surface area contributed by atoms with Crippen molar-refractivity contribution in [3.05, 3.63) is 29.6 Å². The molecule has 5 heteroatoms. The number of hydrogen-bond acceptors (Lipinski definition) is 2. The lowest BCUT2D eigenvalue weighted by atomic mass is 10.2. The molecule has 1 atom stereocenters. The van der Waals surface area contributed by atoms with Crippen molar-refractivity contribution in [3.63, 3.8) is 0 Å². The maximum absolute atomic E-state index is 12.3. The highest BCUT2D eigenvalue weighted by Crippen LogP contribution is 2.28. The molecule has 0 saturated heterocycles. The molecule has 90 valence electrons. The lowest BCUT2D eigenvalue weighted by Gasteiger charge is -2.13. The highest BCUT2D eigenvalue weighted by Gasteiger charge is 2.30. The Hall–Kier alpha value is -1.10. The van der Waals surface area contributed by atoms with Crippen molar-refractivity contribution in [2.24, 2.45) is 0 Å². The molecule has 1 N–H and O–H groups in total. The third-order valence-corrected chi connectivity index (χ3v) is 2.26. The Morgan fingerprint density at radius 2 is 2.06 bits per heavy atom. The van der Waals surface area contributed by atoms with Crippen LogP contribution in [0.5, 0.6) is 0 Å². The summed E-state index contributed by atoms with van der Waals surface area (Å²) in [7, 11) is 0. The second kappa shape index (κ2) is 5.30. The number of halogens is 3. The zero-order chi connectivity index (χ0) is 12.2. The lowest BCUT2D eigenvalue weighted by molar-refractivity contribution is -0.137. The maximum Gasteiger partial charge on any atom is 0.417 e. The number of hydrogen-bond donors (Lipinski definition) is 1. The molecule has 0 aliphatic carbocycles. The summed E-state index contributed by atoms with van der Waals surface area (Å²) in [6.07, 6.45) is -2.46. The molecule has 1 heterocycles. The molecule has 2 nitrogen and oxygen atoms in total. The van der Waals surface area contributed by atoms with Gasteiger partial charge in [-0.15, -0.1) is 0 Å². The molecular weight excluding hydrogens is 217 g/mol. The van der Waals surface area contributed by atoms with Crippen LogP contribution in [0.2, 0.25) is 0 Å². The quantitative estimate of drug-likeness (QED) is 0.862.